The summed E-state index contributed by atoms with van der Waals surface area (Å²) in [6, 6.07) is 5.37. The van der Waals surface area contributed by atoms with E-state index in [1.165, 1.54) is 0 Å². The van der Waals surface area contributed by atoms with Gasteiger partial charge in [-0.1, -0.05) is 37.5 Å². The highest BCUT2D eigenvalue weighted by atomic mass is 35.5. The lowest BCUT2D eigenvalue weighted by molar-refractivity contribution is 0.318. The lowest BCUT2D eigenvalue weighted by Gasteiger charge is -2.18. The molecule has 0 saturated carbocycles. The highest BCUT2D eigenvalue weighted by Crippen LogP contribution is 2.36. The fourth-order valence-electron chi connectivity index (χ4n) is 1.13. The van der Waals surface area contributed by atoms with Crippen LogP contribution in [-0.2, 0) is 0 Å². The second-order valence-electron chi connectivity index (χ2n) is 4.34. The number of benzene rings is 1. The third-order valence-corrected chi connectivity index (χ3v) is 3.36. The molecule has 0 unspecified atom stereocenters. The summed E-state index contributed by atoms with van der Waals surface area (Å²) >= 11 is 7.80. The molecule has 0 spiro atoms. The second kappa shape index (κ2) is 4.97. The van der Waals surface area contributed by atoms with Crippen molar-refractivity contribution in [3.05, 3.63) is 28.8 Å². The zero-order valence-electron chi connectivity index (χ0n) is 9.49. The molecule has 0 aliphatic rings. The number of rotatable bonds is 2. The molecule has 0 heterocycles. The van der Waals surface area contributed by atoms with Crippen molar-refractivity contribution in [2.45, 2.75) is 30.4 Å². The topological polar surface area (TPSA) is 58.6 Å². The van der Waals surface area contributed by atoms with Gasteiger partial charge in [-0.2, -0.15) is 0 Å². The highest BCUT2D eigenvalue weighted by molar-refractivity contribution is 8.00. The molecule has 0 radical (unpaired) electrons. The quantitative estimate of drug-likeness (QED) is 0.281. The summed E-state index contributed by atoms with van der Waals surface area (Å²) in [7, 11) is 0. The van der Waals surface area contributed by atoms with Crippen LogP contribution in [0.25, 0.3) is 0 Å². The van der Waals surface area contributed by atoms with Crippen LogP contribution in [0.5, 0.6) is 0 Å². The molecule has 0 amide bonds. The molecule has 16 heavy (non-hydrogen) atoms. The number of amidine groups is 1. The Balaban J connectivity index is 3.01. The molecule has 0 aliphatic heterocycles. The van der Waals surface area contributed by atoms with Gasteiger partial charge in [0.1, 0.15) is 0 Å². The van der Waals surface area contributed by atoms with E-state index in [9.17, 15) is 0 Å². The molecule has 0 fully saturated rings. The van der Waals surface area contributed by atoms with E-state index in [0.29, 0.717) is 10.6 Å². The summed E-state index contributed by atoms with van der Waals surface area (Å²) in [6.45, 7) is 6.35. The Morgan fingerprint density at radius 2 is 2.06 bits per heavy atom. The van der Waals surface area contributed by atoms with E-state index < -0.39 is 0 Å². The molecule has 0 atom stereocenters. The highest BCUT2D eigenvalue weighted by Gasteiger charge is 2.14. The van der Waals surface area contributed by atoms with Gasteiger partial charge in [0.15, 0.2) is 5.84 Å². The van der Waals surface area contributed by atoms with Crippen LogP contribution in [0.4, 0.5) is 0 Å². The van der Waals surface area contributed by atoms with E-state index in [2.05, 4.69) is 25.9 Å². The zero-order valence-corrected chi connectivity index (χ0v) is 11.1. The van der Waals surface area contributed by atoms with Crippen LogP contribution < -0.4 is 5.73 Å². The van der Waals surface area contributed by atoms with Gasteiger partial charge < -0.3 is 10.9 Å². The first kappa shape index (κ1) is 13.2. The molecule has 1 aromatic rings. The average Bonchev–Trinajstić information content (AvgIpc) is 2.18. The monoisotopic (exact) mass is 258 g/mol. The standard InChI is InChI=1S/C11H15ClN2OS/c1-11(2,3)16-9-5-4-7(6-8(9)12)10(13)14-15/h4-6,15H,1-3H3,(H2,13,14). The Bertz CT molecular complexity index is 413. The van der Waals surface area contributed by atoms with Crippen LogP contribution in [0, 0.1) is 0 Å². The smallest absolute Gasteiger partial charge is 0.170 e. The third kappa shape index (κ3) is 3.61. The summed E-state index contributed by atoms with van der Waals surface area (Å²) in [6.07, 6.45) is 0. The first-order chi connectivity index (χ1) is 7.33. The van der Waals surface area contributed by atoms with Crippen molar-refractivity contribution in [2.24, 2.45) is 10.9 Å². The molecular weight excluding hydrogens is 244 g/mol. The van der Waals surface area contributed by atoms with E-state index in [0.717, 1.165) is 4.90 Å². The number of nitrogens with zero attached hydrogens (tertiary/aromatic N) is 1. The maximum atomic E-state index is 8.55. The zero-order chi connectivity index (χ0) is 12.3. The summed E-state index contributed by atoms with van der Waals surface area (Å²) in [5, 5.41) is 12.1. The van der Waals surface area contributed by atoms with Gasteiger partial charge in [-0.3, -0.25) is 0 Å². The van der Waals surface area contributed by atoms with Crippen molar-refractivity contribution < 1.29 is 5.21 Å². The van der Waals surface area contributed by atoms with E-state index >= 15 is 0 Å². The Hall–Kier alpha value is -0.870. The Kier molecular flexibility index (Phi) is 4.10. The predicted molar refractivity (Wildman–Crippen MR) is 69.6 cm³/mol. The molecule has 0 aromatic heterocycles. The minimum atomic E-state index is 0.0641. The van der Waals surface area contributed by atoms with Gasteiger partial charge in [0.2, 0.25) is 0 Å². The van der Waals surface area contributed by atoms with Crippen LogP contribution >= 0.6 is 23.4 Å². The fourth-order valence-corrected chi connectivity index (χ4v) is 2.38. The van der Waals surface area contributed by atoms with Gasteiger partial charge in [-0.25, -0.2) is 0 Å². The molecule has 0 saturated heterocycles. The maximum absolute atomic E-state index is 8.55. The van der Waals surface area contributed by atoms with Gasteiger partial charge in [0, 0.05) is 15.2 Å². The number of hydrogen-bond acceptors (Lipinski definition) is 3. The number of oxime groups is 1. The first-order valence-electron chi connectivity index (χ1n) is 4.80. The van der Waals surface area contributed by atoms with Crippen LogP contribution in [0.3, 0.4) is 0 Å². The van der Waals surface area contributed by atoms with Crippen LogP contribution in [-0.4, -0.2) is 15.8 Å². The SMILES string of the molecule is CC(C)(C)Sc1ccc(C(N)=NO)cc1Cl. The summed E-state index contributed by atoms with van der Waals surface area (Å²) in [5.74, 6) is 0.0641. The van der Waals surface area contributed by atoms with Crippen molar-refractivity contribution in [2.75, 3.05) is 0 Å². The van der Waals surface area contributed by atoms with Gasteiger partial charge in [0.25, 0.3) is 0 Å². The van der Waals surface area contributed by atoms with Gasteiger partial charge >= 0.3 is 0 Å². The van der Waals surface area contributed by atoms with E-state index in [4.69, 9.17) is 22.5 Å². The lowest BCUT2D eigenvalue weighted by Crippen LogP contribution is -2.13. The minimum Gasteiger partial charge on any atom is -0.409 e. The average molecular weight is 259 g/mol. The van der Waals surface area contributed by atoms with Gasteiger partial charge in [0.05, 0.1) is 5.02 Å². The van der Waals surface area contributed by atoms with Crippen molar-refractivity contribution in [1.82, 2.24) is 0 Å². The number of halogens is 1. The number of thioether (sulfide) groups is 1. The molecule has 1 rings (SSSR count). The largest absolute Gasteiger partial charge is 0.409 e. The molecular formula is C11H15ClN2OS. The summed E-state index contributed by atoms with van der Waals surface area (Å²) in [5.41, 5.74) is 6.09. The summed E-state index contributed by atoms with van der Waals surface area (Å²) < 4.78 is 0.0990. The van der Waals surface area contributed by atoms with Crippen molar-refractivity contribution in [1.29, 1.82) is 0 Å². The Labute approximate surface area is 105 Å². The van der Waals surface area contributed by atoms with E-state index in [-0.39, 0.29) is 10.6 Å². The van der Waals surface area contributed by atoms with E-state index in [1.54, 1.807) is 23.9 Å². The lowest BCUT2D eigenvalue weighted by atomic mass is 10.2. The van der Waals surface area contributed by atoms with Crippen LogP contribution in [0.15, 0.2) is 28.3 Å². The summed E-state index contributed by atoms with van der Waals surface area (Å²) in [4.78, 5) is 0.989. The molecule has 0 aliphatic carbocycles. The third-order valence-electron chi connectivity index (χ3n) is 1.75. The molecule has 1 aromatic carbocycles. The van der Waals surface area contributed by atoms with E-state index in [1.807, 2.05) is 6.07 Å². The number of nitrogens with two attached hydrogens (primary N) is 1. The van der Waals surface area contributed by atoms with Crippen molar-refractivity contribution >= 4 is 29.2 Å². The second-order valence-corrected chi connectivity index (χ2v) is 6.62. The van der Waals surface area contributed by atoms with Crippen LogP contribution in [0.1, 0.15) is 26.3 Å². The molecule has 3 nitrogen and oxygen atoms in total. The normalized spacial score (nSPS) is 12.9. The Morgan fingerprint density at radius 1 is 1.44 bits per heavy atom. The van der Waals surface area contributed by atoms with Gasteiger partial charge in [-0.15, -0.1) is 11.8 Å². The van der Waals surface area contributed by atoms with Crippen molar-refractivity contribution in [3.8, 4) is 0 Å². The maximum Gasteiger partial charge on any atom is 0.170 e. The predicted octanol–water partition coefficient (Wildman–Crippen LogP) is 3.33. The number of hydrogen-bond donors (Lipinski definition) is 2. The van der Waals surface area contributed by atoms with Gasteiger partial charge in [-0.05, 0) is 18.2 Å². The molecule has 88 valence electrons. The fraction of sp³-hybridized carbons (Fsp3) is 0.364. The molecule has 5 heteroatoms. The molecule has 0 bridgehead atoms. The Morgan fingerprint density at radius 3 is 2.50 bits per heavy atom. The molecule has 3 N–H and O–H groups in total. The van der Waals surface area contributed by atoms with Crippen molar-refractivity contribution in [3.63, 3.8) is 0 Å². The minimum absolute atomic E-state index is 0.0641. The first-order valence-corrected chi connectivity index (χ1v) is 5.99. The van der Waals surface area contributed by atoms with Crippen LogP contribution in [0.2, 0.25) is 5.02 Å².